The minimum Gasteiger partial charge on any atom is -0.322 e. The van der Waals surface area contributed by atoms with Crippen LogP contribution in [0.15, 0.2) is 91.0 Å². The van der Waals surface area contributed by atoms with Crippen LogP contribution in [0, 0.1) is 0 Å². The maximum atomic E-state index is 12.8. The Hall–Kier alpha value is -4.42. The molecule has 0 saturated carbocycles. The van der Waals surface area contributed by atoms with Gasteiger partial charge in [-0.2, -0.15) is 0 Å². The molecule has 1 aromatic heterocycles. The third kappa shape index (κ3) is 4.35. The van der Waals surface area contributed by atoms with Gasteiger partial charge in [0, 0.05) is 19.7 Å². The second-order valence-corrected chi connectivity index (χ2v) is 7.37. The summed E-state index contributed by atoms with van der Waals surface area (Å²) >= 11 is 0. The zero-order valence-electron chi connectivity index (χ0n) is 17.2. The normalized spacial score (nSPS) is 12.1. The first kappa shape index (κ1) is 19.5. The Labute approximate surface area is 188 Å². The average molecular weight is 424 g/mol. The molecule has 0 bridgehead atoms. The number of rotatable bonds is 5. The fourth-order valence-corrected chi connectivity index (χ4v) is 3.43. The van der Waals surface area contributed by atoms with E-state index in [4.69, 9.17) is 0 Å². The number of anilines is 3. The summed E-state index contributed by atoms with van der Waals surface area (Å²) in [6, 6.07) is 29.2. The quantitative estimate of drug-likeness (QED) is 0.300. The summed E-state index contributed by atoms with van der Waals surface area (Å²) in [6.45, 7) is 0. The van der Waals surface area contributed by atoms with Crippen molar-refractivity contribution < 1.29 is 7.65 Å². The standard InChI is InChI=1S/C26H21N5O.2H2/c32-26(27-22-13-11-19(12-14-22)10-9-18-5-2-1-3-6-18)21-8-4-7-20(17-21)23-15-16-24-25(28-23)30-31-29-24;;/h1-17,29,31H,(H,27,32)(H,28,30);2*1H/b10-9-;;. The molecule has 1 amide bonds. The molecule has 0 saturated heterocycles. The average Bonchev–Trinajstić information content (AvgIpc) is 3.32. The largest absolute Gasteiger partial charge is 0.322 e. The molecule has 5 rings (SSSR count). The van der Waals surface area contributed by atoms with Crippen molar-refractivity contribution in [2.75, 3.05) is 16.2 Å². The van der Waals surface area contributed by atoms with E-state index < -0.39 is 0 Å². The van der Waals surface area contributed by atoms with Gasteiger partial charge in [-0.15, -0.1) is 5.53 Å². The maximum absolute atomic E-state index is 12.8. The number of fused-ring (bicyclic) bond motifs is 1. The molecular weight excluding hydrogens is 398 g/mol. The van der Waals surface area contributed by atoms with Gasteiger partial charge in [-0.3, -0.25) is 10.2 Å². The topological polar surface area (TPSA) is 78.1 Å². The van der Waals surface area contributed by atoms with Crippen molar-refractivity contribution in [2.24, 2.45) is 0 Å². The van der Waals surface area contributed by atoms with Crippen molar-refractivity contribution in [3.8, 4) is 11.3 Å². The number of hydrogen-bond donors (Lipinski definition) is 4. The fraction of sp³-hybridized carbons (Fsp3) is 0. The lowest BCUT2D eigenvalue weighted by Gasteiger charge is -2.08. The van der Waals surface area contributed by atoms with Crippen molar-refractivity contribution in [3.63, 3.8) is 0 Å². The smallest absolute Gasteiger partial charge is 0.255 e. The van der Waals surface area contributed by atoms with Crippen molar-refractivity contribution in [3.05, 3.63) is 108 Å². The SMILES string of the molecule is O=C(Nc1ccc(/C=C\c2ccccc2)cc1)c1cccc(-c2ccc3c(n2)NNN3)c1.[HH].[HH]. The predicted octanol–water partition coefficient (Wildman–Crippen LogP) is 5.92. The molecule has 3 aromatic carbocycles. The molecule has 1 aliphatic rings. The van der Waals surface area contributed by atoms with Crippen LogP contribution in [0.5, 0.6) is 0 Å². The summed E-state index contributed by atoms with van der Waals surface area (Å²) < 4.78 is 0. The summed E-state index contributed by atoms with van der Waals surface area (Å²) in [6.07, 6.45) is 4.11. The van der Waals surface area contributed by atoms with Crippen LogP contribution in [0.25, 0.3) is 23.4 Å². The number of amides is 1. The molecule has 2 heterocycles. The van der Waals surface area contributed by atoms with Crippen LogP contribution in [-0.4, -0.2) is 10.9 Å². The molecule has 0 atom stereocenters. The van der Waals surface area contributed by atoms with Crippen LogP contribution in [0.2, 0.25) is 0 Å². The molecule has 0 aliphatic carbocycles. The monoisotopic (exact) mass is 423 g/mol. The van der Waals surface area contributed by atoms with Crippen molar-refractivity contribution in [2.45, 2.75) is 0 Å². The van der Waals surface area contributed by atoms with Crippen LogP contribution in [0.4, 0.5) is 17.2 Å². The maximum Gasteiger partial charge on any atom is 0.255 e. The van der Waals surface area contributed by atoms with Gasteiger partial charge in [-0.1, -0.05) is 66.7 Å². The number of pyridine rings is 1. The molecule has 0 radical (unpaired) electrons. The van der Waals surface area contributed by atoms with Crippen LogP contribution < -0.4 is 21.7 Å². The van der Waals surface area contributed by atoms with Crippen LogP contribution in [0.1, 0.15) is 24.3 Å². The molecule has 4 N–H and O–H groups in total. The number of benzene rings is 3. The highest BCUT2D eigenvalue weighted by Gasteiger charge is 2.13. The van der Waals surface area contributed by atoms with E-state index in [9.17, 15) is 4.79 Å². The molecule has 160 valence electrons. The van der Waals surface area contributed by atoms with Gasteiger partial charge in [0.25, 0.3) is 5.91 Å². The van der Waals surface area contributed by atoms with Gasteiger partial charge in [-0.25, -0.2) is 4.98 Å². The van der Waals surface area contributed by atoms with E-state index in [1.165, 1.54) is 0 Å². The van der Waals surface area contributed by atoms with Crippen LogP contribution >= 0.6 is 0 Å². The number of hydrazine groups is 2. The van der Waals surface area contributed by atoms with Crippen molar-refractivity contribution in [1.82, 2.24) is 10.5 Å². The summed E-state index contributed by atoms with van der Waals surface area (Å²) in [4.78, 5) is 17.4. The Balaban J connectivity index is 0.00000162. The van der Waals surface area contributed by atoms with Gasteiger partial charge in [0.2, 0.25) is 0 Å². The lowest BCUT2D eigenvalue weighted by molar-refractivity contribution is 0.102. The number of carbonyl (C=O) groups excluding carboxylic acids is 1. The first-order valence-corrected chi connectivity index (χ1v) is 10.3. The van der Waals surface area contributed by atoms with E-state index in [0.29, 0.717) is 5.56 Å². The van der Waals surface area contributed by atoms with E-state index in [-0.39, 0.29) is 8.76 Å². The molecule has 4 aromatic rings. The van der Waals surface area contributed by atoms with Gasteiger partial charge in [0.15, 0.2) is 5.82 Å². The molecule has 1 aliphatic heterocycles. The van der Waals surface area contributed by atoms with Crippen molar-refractivity contribution >= 4 is 35.3 Å². The van der Waals surface area contributed by atoms with Gasteiger partial charge in [-0.05, 0) is 47.5 Å². The van der Waals surface area contributed by atoms with Gasteiger partial charge < -0.3 is 10.7 Å². The zero-order valence-corrected chi connectivity index (χ0v) is 17.2. The van der Waals surface area contributed by atoms with Crippen LogP contribution in [-0.2, 0) is 0 Å². The minimum absolute atomic E-state index is 0. The summed E-state index contributed by atoms with van der Waals surface area (Å²) in [7, 11) is 0. The number of nitrogens with one attached hydrogen (secondary N) is 4. The fourth-order valence-electron chi connectivity index (χ4n) is 3.43. The first-order valence-electron chi connectivity index (χ1n) is 10.3. The number of nitrogens with zero attached hydrogens (tertiary/aromatic N) is 1. The number of carbonyl (C=O) groups is 1. The first-order chi connectivity index (χ1) is 15.7. The second kappa shape index (κ2) is 8.75. The van der Waals surface area contributed by atoms with E-state index in [1.807, 2.05) is 78.9 Å². The van der Waals surface area contributed by atoms with Gasteiger partial charge in [0.1, 0.15) is 0 Å². The molecule has 0 unspecified atom stereocenters. The van der Waals surface area contributed by atoms with Crippen LogP contribution in [0.3, 0.4) is 0 Å². The Morgan fingerprint density at radius 1 is 0.812 bits per heavy atom. The number of hydrogen-bond acceptors (Lipinski definition) is 5. The highest BCUT2D eigenvalue weighted by molar-refractivity contribution is 6.05. The highest BCUT2D eigenvalue weighted by atomic mass is 16.1. The van der Waals surface area contributed by atoms with E-state index in [0.717, 1.165) is 39.6 Å². The molecule has 0 spiro atoms. The molecule has 32 heavy (non-hydrogen) atoms. The molecule has 0 fully saturated rings. The second-order valence-electron chi connectivity index (χ2n) is 7.37. The summed E-state index contributed by atoms with van der Waals surface area (Å²) in [5, 5.41) is 2.96. The molecule has 6 heteroatoms. The third-order valence-corrected chi connectivity index (χ3v) is 5.13. The van der Waals surface area contributed by atoms with E-state index in [1.54, 1.807) is 6.07 Å². The minimum atomic E-state index is -0.165. The predicted molar refractivity (Wildman–Crippen MR) is 134 cm³/mol. The Morgan fingerprint density at radius 2 is 1.59 bits per heavy atom. The Morgan fingerprint density at radius 3 is 2.41 bits per heavy atom. The highest BCUT2D eigenvalue weighted by Crippen LogP contribution is 2.27. The third-order valence-electron chi connectivity index (χ3n) is 5.13. The Kier molecular flexibility index (Phi) is 5.34. The summed E-state index contributed by atoms with van der Waals surface area (Å²) in [5.74, 6) is 0.556. The molecule has 6 nitrogen and oxygen atoms in total. The lowest BCUT2D eigenvalue weighted by atomic mass is 10.1. The molecular formula is C26H25N5O. The van der Waals surface area contributed by atoms with Gasteiger partial charge >= 0.3 is 0 Å². The Bertz CT molecular complexity index is 1290. The zero-order chi connectivity index (χ0) is 21.8. The van der Waals surface area contributed by atoms with Gasteiger partial charge in [0.05, 0.1) is 11.4 Å². The lowest BCUT2D eigenvalue weighted by Crippen LogP contribution is -2.19. The number of aromatic nitrogens is 1. The van der Waals surface area contributed by atoms with E-state index in [2.05, 4.69) is 44.9 Å². The van der Waals surface area contributed by atoms with Crippen molar-refractivity contribution in [1.29, 1.82) is 0 Å². The summed E-state index contributed by atoms with van der Waals surface area (Å²) in [5.41, 5.74) is 14.8. The van der Waals surface area contributed by atoms with E-state index >= 15 is 0 Å².